The van der Waals surface area contributed by atoms with Crippen molar-refractivity contribution in [1.29, 1.82) is 0 Å². The maximum Gasteiger partial charge on any atom is 0.410 e. The second-order valence-electron chi connectivity index (χ2n) is 10.8. The zero-order valence-corrected chi connectivity index (χ0v) is 22.7. The standard InChI is InChI=1S/C31H36N6O3/c38-30(16-23-6-8-27(9-7-23)34-29-17-26-18-32-11-10-25(26)19-33-29)36-14-12-35(13-15-36)28-20-37(21-28)31(39)40-22-24-4-2-1-3-5-24/h1-9,17,19,28,32H,10-16,18,20-22H2,(H,33,34). The summed E-state index contributed by atoms with van der Waals surface area (Å²) >= 11 is 0. The van der Waals surface area contributed by atoms with E-state index in [1.54, 1.807) is 4.90 Å². The first-order valence-electron chi connectivity index (χ1n) is 14.1. The molecule has 0 unspecified atom stereocenters. The molecule has 2 N–H and O–H groups in total. The van der Waals surface area contributed by atoms with E-state index in [1.165, 1.54) is 11.1 Å². The highest BCUT2D eigenvalue weighted by molar-refractivity contribution is 5.79. The molecule has 2 saturated heterocycles. The van der Waals surface area contributed by atoms with Crippen LogP contribution in [0.1, 0.15) is 22.3 Å². The number of aromatic nitrogens is 1. The van der Waals surface area contributed by atoms with Gasteiger partial charge < -0.3 is 25.2 Å². The average molecular weight is 541 g/mol. The van der Waals surface area contributed by atoms with Crippen molar-refractivity contribution in [3.05, 3.63) is 89.1 Å². The van der Waals surface area contributed by atoms with Crippen LogP contribution in [0.25, 0.3) is 0 Å². The Kier molecular flexibility index (Phi) is 7.92. The summed E-state index contributed by atoms with van der Waals surface area (Å²) in [5.74, 6) is 0.992. The van der Waals surface area contributed by atoms with Crippen LogP contribution < -0.4 is 10.6 Å². The molecule has 1 aromatic heterocycles. The molecule has 0 aliphatic carbocycles. The molecule has 208 valence electrons. The number of piperazine rings is 1. The van der Waals surface area contributed by atoms with Gasteiger partial charge >= 0.3 is 6.09 Å². The third-order valence-corrected chi connectivity index (χ3v) is 8.06. The summed E-state index contributed by atoms with van der Waals surface area (Å²) in [6.45, 7) is 6.63. The quantitative estimate of drug-likeness (QED) is 0.476. The molecule has 6 rings (SSSR count). The fourth-order valence-electron chi connectivity index (χ4n) is 5.55. The minimum atomic E-state index is -0.258. The third kappa shape index (κ3) is 6.26. The second kappa shape index (κ2) is 12.1. The van der Waals surface area contributed by atoms with Gasteiger partial charge in [0.2, 0.25) is 5.91 Å². The normalized spacial score (nSPS) is 17.6. The number of anilines is 2. The Morgan fingerprint density at radius 3 is 2.48 bits per heavy atom. The molecule has 9 nitrogen and oxygen atoms in total. The van der Waals surface area contributed by atoms with Crippen LogP contribution in [0.2, 0.25) is 0 Å². The maximum absolute atomic E-state index is 13.0. The molecule has 0 bridgehead atoms. The Morgan fingerprint density at radius 1 is 0.925 bits per heavy atom. The van der Waals surface area contributed by atoms with Gasteiger partial charge in [0.05, 0.1) is 6.42 Å². The fourth-order valence-corrected chi connectivity index (χ4v) is 5.55. The summed E-state index contributed by atoms with van der Waals surface area (Å²) in [5.41, 5.74) is 5.56. The lowest BCUT2D eigenvalue weighted by molar-refractivity contribution is -0.133. The SMILES string of the molecule is O=C(Cc1ccc(Nc2cc3c(cn2)CCNC3)cc1)N1CCN(C2CN(C(=O)OCc3ccccc3)C2)CC1. The van der Waals surface area contributed by atoms with Crippen LogP contribution in [0.4, 0.5) is 16.3 Å². The van der Waals surface area contributed by atoms with Crippen LogP contribution in [0.15, 0.2) is 66.9 Å². The first-order valence-corrected chi connectivity index (χ1v) is 14.1. The summed E-state index contributed by atoms with van der Waals surface area (Å²) in [6.07, 6.45) is 3.12. The van der Waals surface area contributed by atoms with Crippen molar-refractivity contribution in [2.45, 2.75) is 32.0 Å². The summed E-state index contributed by atoms with van der Waals surface area (Å²) in [7, 11) is 0. The van der Waals surface area contributed by atoms with Crippen LogP contribution in [-0.2, 0) is 35.5 Å². The molecular formula is C31H36N6O3. The number of likely N-dealkylation sites (tertiary alicyclic amines) is 1. The molecule has 0 saturated carbocycles. The van der Waals surface area contributed by atoms with Gasteiger partial charge in [-0.05, 0) is 53.4 Å². The third-order valence-electron chi connectivity index (χ3n) is 8.06. The smallest absolute Gasteiger partial charge is 0.410 e. The van der Waals surface area contributed by atoms with Crippen LogP contribution in [0.5, 0.6) is 0 Å². The molecule has 40 heavy (non-hydrogen) atoms. The number of carbonyl (C=O) groups is 2. The highest BCUT2D eigenvalue weighted by atomic mass is 16.6. The number of nitrogens with zero attached hydrogens (tertiary/aromatic N) is 4. The van der Waals surface area contributed by atoms with Gasteiger partial charge in [-0.25, -0.2) is 9.78 Å². The number of rotatable bonds is 7. The van der Waals surface area contributed by atoms with Gasteiger partial charge in [-0.1, -0.05) is 42.5 Å². The molecule has 3 aliphatic heterocycles. The molecular weight excluding hydrogens is 504 g/mol. The summed E-state index contributed by atoms with van der Waals surface area (Å²) in [6, 6.07) is 20.2. The summed E-state index contributed by atoms with van der Waals surface area (Å²) in [5, 5.41) is 6.78. The molecule has 0 spiro atoms. The van der Waals surface area contributed by atoms with Crippen LogP contribution >= 0.6 is 0 Å². The van der Waals surface area contributed by atoms with Gasteiger partial charge in [0.1, 0.15) is 12.4 Å². The van der Waals surface area contributed by atoms with Crippen molar-refractivity contribution in [1.82, 2.24) is 25.0 Å². The highest BCUT2D eigenvalue weighted by Crippen LogP contribution is 2.22. The van der Waals surface area contributed by atoms with Crippen molar-refractivity contribution < 1.29 is 14.3 Å². The monoisotopic (exact) mass is 540 g/mol. The lowest BCUT2D eigenvalue weighted by Gasteiger charge is -2.47. The first-order chi connectivity index (χ1) is 19.6. The molecule has 9 heteroatoms. The number of amides is 2. The van der Waals surface area contributed by atoms with Crippen molar-refractivity contribution >= 4 is 23.5 Å². The van der Waals surface area contributed by atoms with Crippen LogP contribution in [-0.4, -0.2) is 83.5 Å². The predicted octanol–water partition coefficient (Wildman–Crippen LogP) is 3.18. The van der Waals surface area contributed by atoms with Crippen molar-refractivity contribution in [2.24, 2.45) is 0 Å². The van der Waals surface area contributed by atoms with Gasteiger partial charge in [0, 0.05) is 63.7 Å². The molecule has 3 aromatic rings. The van der Waals surface area contributed by atoms with Crippen molar-refractivity contribution in [2.75, 3.05) is 51.1 Å². The number of nitrogens with one attached hydrogen (secondary N) is 2. The summed E-state index contributed by atoms with van der Waals surface area (Å²) in [4.78, 5) is 36.0. The number of carbonyl (C=O) groups excluding carboxylic acids is 2. The van der Waals surface area contributed by atoms with E-state index < -0.39 is 0 Å². The number of ether oxygens (including phenoxy) is 1. The maximum atomic E-state index is 13.0. The minimum absolute atomic E-state index is 0.156. The van der Waals surface area contributed by atoms with Gasteiger partial charge in [-0.15, -0.1) is 0 Å². The lowest BCUT2D eigenvalue weighted by atomic mass is 10.0. The Bertz CT molecular complexity index is 1320. The molecule has 0 atom stereocenters. The number of benzene rings is 2. The van der Waals surface area contributed by atoms with Gasteiger partial charge in [0.15, 0.2) is 0 Å². The van der Waals surface area contributed by atoms with Crippen LogP contribution in [0, 0.1) is 0 Å². The van der Waals surface area contributed by atoms with Gasteiger partial charge in [-0.3, -0.25) is 9.69 Å². The Hall–Kier alpha value is -3.95. The minimum Gasteiger partial charge on any atom is -0.445 e. The topological polar surface area (TPSA) is 90.0 Å². The highest BCUT2D eigenvalue weighted by Gasteiger charge is 2.37. The molecule has 2 amide bonds. The van der Waals surface area contributed by atoms with E-state index in [-0.39, 0.29) is 12.0 Å². The van der Waals surface area contributed by atoms with E-state index in [0.717, 1.165) is 55.2 Å². The van der Waals surface area contributed by atoms with Gasteiger partial charge in [0.25, 0.3) is 0 Å². The van der Waals surface area contributed by atoms with E-state index in [0.29, 0.717) is 45.2 Å². The van der Waals surface area contributed by atoms with E-state index in [2.05, 4.69) is 26.6 Å². The molecule has 0 radical (unpaired) electrons. The van der Waals surface area contributed by atoms with Crippen molar-refractivity contribution in [3.8, 4) is 0 Å². The molecule has 2 fully saturated rings. The second-order valence-corrected chi connectivity index (χ2v) is 10.8. The first kappa shape index (κ1) is 26.3. The molecule has 3 aliphatic rings. The Morgan fingerprint density at radius 2 is 1.70 bits per heavy atom. The van der Waals surface area contributed by atoms with E-state index >= 15 is 0 Å². The zero-order chi connectivity index (χ0) is 27.3. The number of hydrogen-bond acceptors (Lipinski definition) is 7. The Balaban J connectivity index is 0.914. The summed E-state index contributed by atoms with van der Waals surface area (Å²) < 4.78 is 5.44. The number of pyridine rings is 1. The largest absolute Gasteiger partial charge is 0.445 e. The molecule has 4 heterocycles. The lowest BCUT2D eigenvalue weighted by Crippen LogP contribution is -2.64. The van der Waals surface area contributed by atoms with E-state index in [1.807, 2.05) is 65.7 Å². The number of hydrogen-bond donors (Lipinski definition) is 2. The Labute approximate surface area is 235 Å². The van der Waals surface area contributed by atoms with E-state index in [9.17, 15) is 9.59 Å². The van der Waals surface area contributed by atoms with E-state index in [4.69, 9.17) is 4.74 Å². The molecule has 2 aromatic carbocycles. The zero-order valence-electron chi connectivity index (χ0n) is 22.7. The average Bonchev–Trinajstić information content (AvgIpc) is 2.97. The fraction of sp³-hybridized carbons (Fsp3) is 0.387. The van der Waals surface area contributed by atoms with Gasteiger partial charge in [-0.2, -0.15) is 0 Å². The van der Waals surface area contributed by atoms with Crippen molar-refractivity contribution in [3.63, 3.8) is 0 Å². The number of fused-ring (bicyclic) bond motifs is 1. The predicted molar refractivity (Wildman–Crippen MR) is 153 cm³/mol. The van der Waals surface area contributed by atoms with Crippen LogP contribution in [0.3, 0.4) is 0 Å².